The second-order valence-corrected chi connectivity index (χ2v) is 11.0. The predicted octanol–water partition coefficient (Wildman–Crippen LogP) is 3.25. The standard InChI is InChI=1S/C23H24ClN3O5S/c1-26-18-12-17(25-21(28)14-8-10-15(24)11-9-14)20(13-19(18)27(2)23(30)22(26)29)33(31,32)16-6-4-3-5-7-16/h8-13,16H,3-7H2,1-2H3,(H,25,28). The molecule has 0 radical (unpaired) electrons. The zero-order chi connectivity index (χ0) is 23.9. The SMILES string of the molecule is Cn1c(=O)c(=O)n(C)c2cc(S(=O)(=O)C3CCCCC3)c(NC(=O)c3ccc(Cl)cc3)cc21. The van der Waals surface area contributed by atoms with Crippen molar-refractivity contribution in [1.29, 1.82) is 0 Å². The first kappa shape index (κ1) is 23.3. The number of aryl methyl sites for hydroxylation is 2. The maximum atomic E-state index is 13.6. The summed E-state index contributed by atoms with van der Waals surface area (Å²) in [5, 5.41) is 2.60. The van der Waals surface area contributed by atoms with Crippen LogP contribution in [-0.2, 0) is 23.9 Å². The Labute approximate surface area is 195 Å². The fourth-order valence-electron chi connectivity index (χ4n) is 4.28. The summed E-state index contributed by atoms with van der Waals surface area (Å²) < 4.78 is 29.6. The van der Waals surface area contributed by atoms with Gasteiger partial charge in [-0.2, -0.15) is 0 Å². The summed E-state index contributed by atoms with van der Waals surface area (Å²) in [6, 6.07) is 9.03. The molecule has 10 heteroatoms. The fourth-order valence-corrected chi connectivity index (χ4v) is 6.42. The Bertz CT molecular complexity index is 1470. The van der Waals surface area contributed by atoms with Gasteiger partial charge in [0.15, 0.2) is 9.84 Å². The Morgan fingerprint density at radius 2 is 1.48 bits per heavy atom. The van der Waals surface area contributed by atoms with Crippen molar-refractivity contribution in [3.8, 4) is 0 Å². The van der Waals surface area contributed by atoms with Crippen molar-refractivity contribution >= 4 is 44.1 Å². The number of sulfone groups is 1. The molecule has 0 spiro atoms. The number of halogens is 1. The molecule has 33 heavy (non-hydrogen) atoms. The van der Waals surface area contributed by atoms with E-state index in [2.05, 4.69) is 5.32 Å². The smallest absolute Gasteiger partial charge is 0.316 e. The van der Waals surface area contributed by atoms with E-state index in [0.29, 0.717) is 34.5 Å². The van der Waals surface area contributed by atoms with Crippen LogP contribution >= 0.6 is 11.6 Å². The van der Waals surface area contributed by atoms with Crippen molar-refractivity contribution < 1.29 is 13.2 Å². The Balaban J connectivity index is 1.93. The van der Waals surface area contributed by atoms with Gasteiger partial charge < -0.3 is 14.5 Å². The number of nitrogens with zero attached hydrogens (tertiary/aromatic N) is 2. The van der Waals surface area contributed by atoms with E-state index in [-0.39, 0.29) is 10.6 Å². The summed E-state index contributed by atoms with van der Waals surface area (Å²) in [6.45, 7) is 0. The predicted molar refractivity (Wildman–Crippen MR) is 128 cm³/mol. The number of carbonyl (C=O) groups is 1. The molecule has 1 amide bonds. The molecule has 0 aliphatic heterocycles. The molecule has 0 unspecified atom stereocenters. The summed E-state index contributed by atoms with van der Waals surface area (Å²) in [5.41, 5.74) is -0.513. The van der Waals surface area contributed by atoms with Crippen LogP contribution in [0.3, 0.4) is 0 Å². The van der Waals surface area contributed by atoms with E-state index in [4.69, 9.17) is 11.6 Å². The average Bonchev–Trinajstić information content (AvgIpc) is 2.82. The maximum absolute atomic E-state index is 13.6. The highest BCUT2D eigenvalue weighted by Gasteiger charge is 2.32. The van der Waals surface area contributed by atoms with Gasteiger partial charge in [-0.25, -0.2) is 8.42 Å². The summed E-state index contributed by atoms with van der Waals surface area (Å²) in [4.78, 5) is 37.5. The Morgan fingerprint density at radius 3 is 2.06 bits per heavy atom. The molecular formula is C23H24ClN3O5S. The molecule has 0 bridgehead atoms. The second kappa shape index (κ2) is 8.79. The van der Waals surface area contributed by atoms with E-state index < -0.39 is 32.1 Å². The van der Waals surface area contributed by atoms with E-state index >= 15 is 0 Å². The highest BCUT2D eigenvalue weighted by atomic mass is 35.5. The molecule has 1 N–H and O–H groups in total. The third kappa shape index (κ3) is 4.22. The van der Waals surface area contributed by atoms with Gasteiger partial charge in [-0.15, -0.1) is 0 Å². The number of hydrogen-bond acceptors (Lipinski definition) is 5. The lowest BCUT2D eigenvalue weighted by Gasteiger charge is -2.24. The van der Waals surface area contributed by atoms with Crippen LogP contribution in [-0.4, -0.2) is 28.7 Å². The number of carbonyl (C=O) groups excluding carboxylic acids is 1. The summed E-state index contributed by atoms with van der Waals surface area (Å²) in [5.74, 6) is -0.513. The average molecular weight is 490 g/mol. The lowest BCUT2D eigenvalue weighted by Crippen LogP contribution is -2.39. The van der Waals surface area contributed by atoms with Crippen LogP contribution in [0.15, 0.2) is 50.9 Å². The van der Waals surface area contributed by atoms with Crippen LogP contribution in [0, 0.1) is 0 Å². The molecule has 2 aromatic carbocycles. The lowest BCUT2D eigenvalue weighted by atomic mass is 10.0. The first-order valence-corrected chi connectivity index (χ1v) is 12.6. The van der Waals surface area contributed by atoms with Gasteiger partial charge in [0.2, 0.25) is 0 Å². The van der Waals surface area contributed by atoms with E-state index in [0.717, 1.165) is 28.4 Å². The number of hydrogen-bond donors (Lipinski definition) is 1. The maximum Gasteiger partial charge on any atom is 0.316 e. The molecule has 1 aromatic heterocycles. The first-order valence-electron chi connectivity index (χ1n) is 10.7. The van der Waals surface area contributed by atoms with Gasteiger partial charge in [0, 0.05) is 24.7 Å². The fraction of sp³-hybridized carbons (Fsp3) is 0.348. The number of anilines is 1. The highest BCUT2D eigenvalue weighted by Crippen LogP contribution is 2.34. The molecule has 1 saturated carbocycles. The van der Waals surface area contributed by atoms with Gasteiger partial charge in [0.05, 0.1) is 26.9 Å². The van der Waals surface area contributed by atoms with Crippen molar-refractivity contribution in [1.82, 2.24) is 9.13 Å². The molecule has 4 rings (SSSR count). The third-order valence-corrected chi connectivity index (χ3v) is 8.80. The molecule has 1 aliphatic rings. The zero-order valence-corrected chi connectivity index (χ0v) is 19.9. The molecule has 1 heterocycles. The van der Waals surface area contributed by atoms with Gasteiger partial charge >= 0.3 is 11.1 Å². The normalized spacial score (nSPS) is 15.0. The van der Waals surface area contributed by atoms with Gasteiger partial charge in [-0.1, -0.05) is 30.9 Å². The number of nitrogens with one attached hydrogen (secondary N) is 1. The molecule has 0 saturated heterocycles. The van der Waals surface area contributed by atoms with Gasteiger partial charge in [0.25, 0.3) is 5.91 Å². The Hall–Kier alpha value is -2.91. The van der Waals surface area contributed by atoms with Gasteiger partial charge in [-0.05, 0) is 49.2 Å². The van der Waals surface area contributed by atoms with Crippen LogP contribution < -0.4 is 16.4 Å². The van der Waals surface area contributed by atoms with Crippen molar-refractivity contribution in [3.05, 3.63) is 67.7 Å². The summed E-state index contributed by atoms with van der Waals surface area (Å²) >= 11 is 5.90. The molecule has 1 fully saturated rings. The number of benzene rings is 2. The zero-order valence-electron chi connectivity index (χ0n) is 18.3. The largest absolute Gasteiger partial charge is 0.321 e. The minimum Gasteiger partial charge on any atom is -0.321 e. The van der Waals surface area contributed by atoms with E-state index in [1.165, 1.54) is 38.4 Å². The van der Waals surface area contributed by atoms with Gasteiger partial charge in [0.1, 0.15) is 0 Å². The van der Waals surface area contributed by atoms with Crippen LogP contribution in [0.1, 0.15) is 42.5 Å². The molecule has 0 atom stereocenters. The number of amides is 1. The third-order valence-electron chi connectivity index (χ3n) is 6.24. The molecule has 174 valence electrons. The molecular weight excluding hydrogens is 466 g/mol. The highest BCUT2D eigenvalue weighted by molar-refractivity contribution is 7.92. The van der Waals surface area contributed by atoms with Crippen LogP contribution in [0.4, 0.5) is 5.69 Å². The second-order valence-electron chi connectivity index (χ2n) is 8.33. The minimum absolute atomic E-state index is 0.0575. The monoisotopic (exact) mass is 489 g/mol. The van der Waals surface area contributed by atoms with E-state index in [9.17, 15) is 22.8 Å². The van der Waals surface area contributed by atoms with Gasteiger partial charge in [-0.3, -0.25) is 14.4 Å². The number of rotatable bonds is 4. The van der Waals surface area contributed by atoms with E-state index in [1.54, 1.807) is 12.1 Å². The summed E-state index contributed by atoms with van der Waals surface area (Å²) in [6.07, 6.45) is 3.70. The van der Waals surface area contributed by atoms with Crippen molar-refractivity contribution in [2.75, 3.05) is 5.32 Å². The quantitative estimate of drug-likeness (QED) is 0.566. The number of aromatic nitrogens is 2. The van der Waals surface area contributed by atoms with Crippen LogP contribution in [0.25, 0.3) is 11.0 Å². The lowest BCUT2D eigenvalue weighted by molar-refractivity contribution is 0.102. The van der Waals surface area contributed by atoms with Crippen molar-refractivity contribution in [2.45, 2.75) is 42.2 Å². The van der Waals surface area contributed by atoms with Crippen LogP contribution in [0.5, 0.6) is 0 Å². The summed E-state index contributed by atoms with van der Waals surface area (Å²) in [7, 11) is -0.948. The van der Waals surface area contributed by atoms with Crippen molar-refractivity contribution in [3.63, 3.8) is 0 Å². The molecule has 1 aliphatic carbocycles. The minimum atomic E-state index is -3.81. The Kier molecular flexibility index (Phi) is 6.20. The van der Waals surface area contributed by atoms with Crippen molar-refractivity contribution in [2.24, 2.45) is 14.1 Å². The van der Waals surface area contributed by atoms with Crippen LogP contribution in [0.2, 0.25) is 5.02 Å². The Morgan fingerprint density at radius 1 is 0.939 bits per heavy atom. The topological polar surface area (TPSA) is 107 Å². The van der Waals surface area contributed by atoms with E-state index in [1.807, 2.05) is 0 Å². The number of fused-ring (bicyclic) bond motifs is 1. The molecule has 3 aromatic rings. The molecule has 8 nitrogen and oxygen atoms in total. The first-order chi connectivity index (χ1) is 15.6.